The van der Waals surface area contributed by atoms with Crippen molar-refractivity contribution in [1.29, 1.82) is 5.41 Å². The molecule has 0 bridgehead atoms. The molecule has 1 aromatic carbocycles. The van der Waals surface area contributed by atoms with Crippen LogP contribution in [0.25, 0.3) is 0 Å². The lowest BCUT2D eigenvalue weighted by Gasteiger charge is -2.16. The molecule has 15 heavy (non-hydrogen) atoms. The summed E-state index contributed by atoms with van der Waals surface area (Å²) in [6.45, 7) is 0. The van der Waals surface area contributed by atoms with E-state index in [1.54, 1.807) is 12.1 Å². The summed E-state index contributed by atoms with van der Waals surface area (Å²) >= 11 is 0. The first kappa shape index (κ1) is 11.0. The van der Waals surface area contributed by atoms with E-state index in [-0.39, 0.29) is 5.84 Å². The number of benzene rings is 1. The minimum atomic E-state index is -0.640. The van der Waals surface area contributed by atoms with Crippen LogP contribution in [0.1, 0.15) is 11.6 Å². The van der Waals surface area contributed by atoms with Crippen molar-refractivity contribution in [2.75, 3.05) is 7.11 Å². The number of amidine groups is 1. The van der Waals surface area contributed by atoms with Crippen LogP contribution in [0.15, 0.2) is 30.3 Å². The molecule has 5 heteroatoms. The first-order valence-corrected chi connectivity index (χ1v) is 4.38. The summed E-state index contributed by atoms with van der Waals surface area (Å²) in [6, 6.07) is 8.38. The van der Waals surface area contributed by atoms with E-state index in [1.807, 2.05) is 18.2 Å². The van der Waals surface area contributed by atoms with Crippen LogP contribution in [-0.4, -0.2) is 19.0 Å². The fourth-order valence-electron chi connectivity index (χ4n) is 1.16. The van der Waals surface area contributed by atoms with E-state index < -0.39 is 12.1 Å². The first-order valence-electron chi connectivity index (χ1n) is 4.38. The van der Waals surface area contributed by atoms with Crippen LogP contribution < -0.4 is 11.1 Å². The van der Waals surface area contributed by atoms with Gasteiger partial charge >= 0.3 is 6.09 Å². The minimum Gasteiger partial charge on any atom is -0.453 e. The van der Waals surface area contributed by atoms with E-state index in [2.05, 4.69) is 10.1 Å². The number of nitrogens with one attached hydrogen (secondary N) is 2. The highest BCUT2D eigenvalue weighted by molar-refractivity contribution is 5.87. The van der Waals surface area contributed by atoms with Gasteiger partial charge in [0.15, 0.2) is 0 Å². The van der Waals surface area contributed by atoms with Crippen LogP contribution >= 0.6 is 0 Å². The molecule has 4 N–H and O–H groups in total. The summed E-state index contributed by atoms with van der Waals surface area (Å²) < 4.78 is 4.45. The summed E-state index contributed by atoms with van der Waals surface area (Å²) in [5.74, 6) is -0.133. The average molecular weight is 207 g/mol. The molecule has 80 valence electrons. The van der Waals surface area contributed by atoms with Gasteiger partial charge in [0.05, 0.1) is 7.11 Å². The second-order valence-corrected chi connectivity index (χ2v) is 2.93. The maximum Gasteiger partial charge on any atom is 0.407 e. The van der Waals surface area contributed by atoms with Gasteiger partial charge in [-0.15, -0.1) is 0 Å². The SMILES string of the molecule is COC(=O)NC(C(=N)N)c1ccccc1. The van der Waals surface area contributed by atoms with E-state index in [4.69, 9.17) is 11.1 Å². The Labute approximate surface area is 87.7 Å². The molecule has 1 unspecified atom stereocenters. The molecule has 0 aromatic heterocycles. The molecule has 0 fully saturated rings. The normalized spacial score (nSPS) is 11.5. The molecule has 0 heterocycles. The van der Waals surface area contributed by atoms with Crippen molar-refractivity contribution in [1.82, 2.24) is 5.32 Å². The predicted octanol–water partition coefficient (Wildman–Crippen LogP) is 1.02. The van der Waals surface area contributed by atoms with Crippen molar-refractivity contribution in [3.63, 3.8) is 0 Å². The third-order valence-electron chi connectivity index (χ3n) is 1.89. The van der Waals surface area contributed by atoms with Crippen LogP contribution in [0.4, 0.5) is 4.79 Å². The number of ether oxygens (including phenoxy) is 1. The Balaban J connectivity index is 2.84. The zero-order chi connectivity index (χ0) is 11.3. The van der Waals surface area contributed by atoms with Gasteiger partial charge in [-0.25, -0.2) is 4.79 Å². The molecule has 0 saturated carbocycles. The highest BCUT2D eigenvalue weighted by atomic mass is 16.5. The Bertz CT molecular complexity index is 351. The Morgan fingerprint density at radius 1 is 1.47 bits per heavy atom. The molecule has 1 amide bonds. The first-order chi connectivity index (χ1) is 7.15. The smallest absolute Gasteiger partial charge is 0.407 e. The second-order valence-electron chi connectivity index (χ2n) is 2.93. The van der Waals surface area contributed by atoms with E-state index >= 15 is 0 Å². The summed E-state index contributed by atoms with van der Waals surface area (Å²) in [6.07, 6.45) is -0.612. The largest absolute Gasteiger partial charge is 0.453 e. The third-order valence-corrected chi connectivity index (χ3v) is 1.89. The molecule has 1 atom stereocenters. The van der Waals surface area contributed by atoms with Crippen LogP contribution in [0.2, 0.25) is 0 Å². The summed E-state index contributed by atoms with van der Waals surface area (Å²) in [4.78, 5) is 11.0. The summed E-state index contributed by atoms with van der Waals surface area (Å²) in [5.41, 5.74) is 6.13. The molecule has 0 radical (unpaired) electrons. The molecule has 0 aliphatic rings. The van der Waals surface area contributed by atoms with Crippen molar-refractivity contribution in [3.8, 4) is 0 Å². The van der Waals surface area contributed by atoms with Crippen molar-refractivity contribution < 1.29 is 9.53 Å². The number of hydrogen-bond acceptors (Lipinski definition) is 3. The number of carbonyl (C=O) groups excluding carboxylic acids is 1. The van der Waals surface area contributed by atoms with Crippen molar-refractivity contribution in [3.05, 3.63) is 35.9 Å². The zero-order valence-electron chi connectivity index (χ0n) is 8.36. The van der Waals surface area contributed by atoms with E-state index in [9.17, 15) is 4.79 Å². The number of amides is 1. The fraction of sp³-hybridized carbons (Fsp3) is 0.200. The van der Waals surface area contributed by atoms with E-state index in [1.165, 1.54) is 7.11 Å². The molecule has 0 aliphatic heterocycles. The average Bonchev–Trinajstić information content (AvgIpc) is 2.26. The van der Waals surface area contributed by atoms with Crippen molar-refractivity contribution >= 4 is 11.9 Å². The lowest BCUT2D eigenvalue weighted by atomic mass is 10.1. The summed E-state index contributed by atoms with van der Waals surface area (Å²) in [5, 5.41) is 9.84. The number of methoxy groups -OCH3 is 1. The monoisotopic (exact) mass is 207 g/mol. The van der Waals surface area contributed by atoms with Gasteiger partial charge in [-0.3, -0.25) is 5.41 Å². The second kappa shape index (κ2) is 4.99. The molecule has 0 saturated heterocycles. The van der Waals surface area contributed by atoms with E-state index in [0.29, 0.717) is 0 Å². The van der Waals surface area contributed by atoms with Gasteiger partial charge in [0.1, 0.15) is 11.9 Å². The molecular weight excluding hydrogens is 194 g/mol. The van der Waals surface area contributed by atoms with Crippen LogP contribution in [-0.2, 0) is 4.74 Å². The Morgan fingerprint density at radius 2 is 2.07 bits per heavy atom. The van der Waals surface area contributed by atoms with Crippen molar-refractivity contribution in [2.24, 2.45) is 5.73 Å². The van der Waals surface area contributed by atoms with E-state index in [0.717, 1.165) is 5.56 Å². The highest BCUT2D eigenvalue weighted by Gasteiger charge is 2.16. The van der Waals surface area contributed by atoms with Crippen molar-refractivity contribution in [2.45, 2.75) is 6.04 Å². The molecule has 1 aromatic rings. The third kappa shape index (κ3) is 2.98. The zero-order valence-corrected chi connectivity index (χ0v) is 8.36. The lowest BCUT2D eigenvalue weighted by molar-refractivity contribution is 0.169. The fourth-order valence-corrected chi connectivity index (χ4v) is 1.16. The van der Waals surface area contributed by atoms with Crippen LogP contribution in [0.5, 0.6) is 0 Å². The van der Waals surface area contributed by atoms with Gasteiger partial charge in [0.25, 0.3) is 0 Å². The van der Waals surface area contributed by atoms with Gasteiger partial charge in [-0.2, -0.15) is 0 Å². The quantitative estimate of drug-likeness (QED) is 0.510. The van der Waals surface area contributed by atoms with Gasteiger partial charge in [0.2, 0.25) is 0 Å². The van der Waals surface area contributed by atoms with Gasteiger partial charge < -0.3 is 15.8 Å². The predicted molar refractivity (Wildman–Crippen MR) is 56.6 cm³/mol. The molecular formula is C10H13N3O2. The number of alkyl carbamates (subject to hydrolysis) is 1. The topological polar surface area (TPSA) is 88.2 Å². The number of rotatable bonds is 3. The minimum absolute atomic E-state index is 0.133. The number of hydrogen-bond donors (Lipinski definition) is 3. The van der Waals surface area contributed by atoms with Gasteiger partial charge in [-0.1, -0.05) is 30.3 Å². The Kier molecular flexibility index (Phi) is 3.68. The Morgan fingerprint density at radius 3 is 2.53 bits per heavy atom. The standard InChI is InChI=1S/C10H13N3O2/c1-15-10(14)13-8(9(11)12)7-5-3-2-4-6-7/h2-6,8H,1H3,(H3,11,12)(H,13,14). The van der Waals surface area contributed by atoms with Crippen LogP contribution in [0.3, 0.4) is 0 Å². The van der Waals surface area contributed by atoms with Gasteiger partial charge in [-0.05, 0) is 5.56 Å². The maximum absolute atomic E-state index is 11.0. The van der Waals surface area contributed by atoms with Gasteiger partial charge in [0, 0.05) is 0 Å². The number of carbonyl (C=O) groups is 1. The lowest BCUT2D eigenvalue weighted by Crippen LogP contribution is -2.36. The molecule has 0 aliphatic carbocycles. The summed E-state index contributed by atoms with van der Waals surface area (Å²) in [7, 11) is 1.26. The van der Waals surface area contributed by atoms with Crippen LogP contribution in [0, 0.1) is 5.41 Å². The Hall–Kier alpha value is -2.04. The number of nitrogens with two attached hydrogens (primary N) is 1. The maximum atomic E-state index is 11.0. The molecule has 1 rings (SSSR count). The highest BCUT2D eigenvalue weighted by Crippen LogP contribution is 2.11. The molecule has 0 spiro atoms. The molecule has 5 nitrogen and oxygen atoms in total.